The van der Waals surface area contributed by atoms with E-state index in [1.807, 2.05) is 0 Å². The minimum absolute atomic E-state index is 0.274. The number of anilines is 1. The SMILES string of the molecule is NCCNc1cnn(-c2cccc(F)c2)c1. The lowest BCUT2D eigenvalue weighted by molar-refractivity contribution is 0.625. The van der Waals surface area contributed by atoms with Crippen LogP contribution < -0.4 is 11.1 Å². The predicted octanol–water partition coefficient (Wildman–Crippen LogP) is 1.38. The Labute approximate surface area is 92.9 Å². The van der Waals surface area contributed by atoms with Gasteiger partial charge in [-0.05, 0) is 18.2 Å². The number of rotatable bonds is 4. The summed E-state index contributed by atoms with van der Waals surface area (Å²) in [6.07, 6.45) is 3.48. The molecule has 16 heavy (non-hydrogen) atoms. The summed E-state index contributed by atoms with van der Waals surface area (Å²) in [7, 11) is 0. The van der Waals surface area contributed by atoms with Crippen molar-refractivity contribution in [2.75, 3.05) is 18.4 Å². The number of hydrogen-bond acceptors (Lipinski definition) is 3. The zero-order valence-corrected chi connectivity index (χ0v) is 8.73. The average molecular weight is 220 g/mol. The average Bonchev–Trinajstić information content (AvgIpc) is 2.75. The van der Waals surface area contributed by atoms with Crippen LogP contribution in [0.1, 0.15) is 0 Å². The Morgan fingerprint density at radius 1 is 1.44 bits per heavy atom. The first kappa shape index (κ1) is 10.6. The number of hydrogen-bond donors (Lipinski definition) is 2. The lowest BCUT2D eigenvalue weighted by atomic mass is 10.3. The molecule has 1 aromatic carbocycles. The van der Waals surface area contributed by atoms with Crippen molar-refractivity contribution in [1.82, 2.24) is 9.78 Å². The molecule has 2 rings (SSSR count). The molecule has 4 nitrogen and oxygen atoms in total. The van der Waals surface area contributed by atoms with E-state index in [-0.39, 0.29) is 5.82 Å². The van der Waals surface area contributed by atoms with Gasteiger partial charge in [-0.25, -0.2) is 9.07 Å². The van der Waals surface area contributed by atoms with Crippen molar-refractivity contribution >= 4 is 5.69 Å². The van der Waals surface area contributed by atoms with Crippen molar-refractivity contribution in [2.45, 2.75) is 0 Å². The molecule has 3 N–H and O–H groups in total. The van der Waals surface area contributed by atoms with Crippen LogP contribution in [0.5, 0.6) is 0 Å². The lowest BCUT2D eigenvalue weighted by Crippen LogP contribution is -2.12. The second-order valence-corrected chi connectivity index (χ2v) is 3.37. The summed E-state index contributed by atoms with van der Waals surface area (Å²) in [6, 6.07) is 6.28. The Morgan fingerprint density at radius 3 is 3.06 bits per heavy atom. The highest BCUT2D eigenvalue weighted by Gasteiger charge is 2.00. The van der Waals surface area contributed by atoms with Gasteiger partial charge >= 0.3 is 0 Å². The van der Waals surface area contributed by atoms with Gasteiger partial charge in [0.2, 0.25) is 0 Å². The van der Waals surface area contributed by atoms with Gasteiger partial charge in [0.1, 0.15) is 5.82 Å². The van der Waals surface area contributed by atoms with Gasteiger partial charge in [-0.3, -0.25) is 0 Å². The lowest BCUT2D eigenvalue weighted by Gasteiger charge is -2.01. The molecule has 5 heteroatoms. The Bertz CT molecular complexity index is 467. The minimum atomic E-state index is -0.274. The summed E-state index contributed by atoms with van der Waals surface area (Å²) in [4.78, 5) is 0. The number of nitrogens with one attached hydrogen (secondary N) is 1. The normalized spacial score (nSPS) is 10.4. The molecular weight excluding hydrogens is 207 g/mol. The molecule has 0 aliphatic carbocycles. The van der Waals surface area contributed by atoms with Gasteiger partial charge in [-0.2, -0.15) is 5.10 Å². The molecule has 1 heterocycles. The van der Waals surface area contributed by atoms with E-state index in [4.69, 9.17) is 5.73 Å². The van der Waals surface area contributed by atoms with Crippen LogP contribution in [-0.4, -0.2) is 22.9 Å². The van der Waals surface area contributed by atoms with Crippen molar-refractivity contribution in [3.63, 3.8) is 0 Å². The Morgan fingerprint density at radius 2 is 2.31 bits per heavy atom. The highest BCUT2D eigenvalue weighted by atomic mass is 19.1. The van der Waals surface area contributed by atoms with Crippen molar-refractivity contribution in [3.05, 3.63) is 42.5 Å². The fraction of sp³-hybridized carbons (Fsp3) is 0.182. The van der Waals surface area contributed by atoms with Gasteiger partial charge in [0.05, 0.1) is 23.8 Å². The van der Waals surface area contributed by atoms with E-state index in [0.29, 0.717) is 18.8 Å². The number of nitrogens with two attached hydrogens (primary N) is 1. The van der Waals surface area contributed by atoms with Crippen molar-refractivity contribution in [2.24, 2.45) is 5.73 Å². The number of benzene rings is 1. The highest BCUT2D eigenvalue weighted by molar-refractivity contribution is 5.42. The first-order valence-corrected chi connectivity index (χ1v) is 5.04. The Kier molecular flexibility index (Phi) is 3.16. The zero-order chi connectivity index (χ0) is 11.4. The molecular formula is C11H13FN4. The van der Waals surface area contributed by atoms with Crippen LogP contribution in [0.2, 0.25) is 0 Å². The molecule has 0 amide bonds. The number of nitrogens with zero attached hydrogens (tertiary/aromatic N) is 2. The fourth-order valence-corrected chi connectivity index (χ4v) is 1.39. The van der Waals surface area contributed by atoms with Crippen molar-refractivity contribution in [1.29, 1.82) is 0 Å². The third kappa shape index (κ3) is 2.38. The molecule has 0 saturated carbocycles. The molecule has 0 atom stereocenters. The maximum absolute atomic E-state index is 13.0. The third-order valence-electron chi connectivity index (χ3n) is 2.13. The summed E-state index contributed by atoms with van der Waals surface area (Å²) in [5.74, 6) is -0.274. The standard InChI is InChI=1S/C11H13FN4/c12-9-2-1-3-11(6-9)16-8-10(7-15-16)14-5-4-13/h1-3,6-8,14H,4-5,13H2. The molecule has 0 saturated heterocycles. The maximum atomic E-state index is 13.0. The van der Waals surface area contributed by atoms with Crippen LogP contribution in [0.3, 0.4) is 0 Å². The first-order valence-electron chi connectivity index (χ1n) is 5.04. The van der Waals surface area contributed by atoms with Crippen LogP contribution in [0.15, 0.2) is 36.7 Å². The first-order chi connectivity index (χ1) is 7.79. The van der Waals surface area contributed by atoms with E-state index in [0.717, 1.165) is 5.69 Å². The minimum Gasteiger partial charge on any atom is -0.381 e. The van der Waals surface area contributed by atoms with E-state index in [9.17, 15) is 4.39 Å². The maximum Gasteiger partial charge on any atom is 0.125 e. The quantitative estimate of drug-likeness (QED) is 0.818. The van der Waals surface area contributed by atoms with Crippen LogP contribution in [0.4, 0.5) is 10.1 Å². The van der Waals surface area contributed by atoms with Crippen molar-refractivity contribution in [3.8, 4) is 5.69 Å². The molecule has 0 unspecified atom stereocenters. The summed E-state index contributed by atoms with van der Waals surface area (Å²) in [5, 5.41) is 7.22. The Balaban J connectivity index is 2.18. The van der Waals surface area contributed by atoms with Gasteiger partial charge in [-0.15, -0.1) is 0 Å². The van der Waals surface area contributed by atoms with Crippen LogP contribution in [0, 0.1) is 5.82 Å². The molecule has 1 aromatic heterocycles. The summed E-state index contributed by atoms with van der Waals surface area (Å²) >= 11 is 0. The van der Waals surface area contributed by atoms with E-state index in [2.05, 4.69) is 10.4 Å². The zero-order valence-electron chi connectivity index (χ0n) is 8.73. The van der Waals surface area contributed by atoms with Gasteiger partial charge in [0.25, 0.3) is 0 Å². The van der Waals surface area contributed by atoms with Crippen LogP contribution in [-0.2, 0) is 0 Å². The van der Waals surface area contributed by atoms with E-state index in [1.54, 1.807) is 29.2 Å². The largest absolute Gasteiger partial charge is 0.381 e. The van der Waals surface area contributed by atoms with Gasteiger partial charge in [-0.1, -0.05) is 6.07 Å². The monoisotopic (exact) mass is 220 g/mol. The molecule has 0 fully saturated rings. The van der Waals surface area contributed by atoms with Crippen LogP contribution >= 0.6 is 0 Å². The highest BCUT2D eigenvalue weighted by Crippen LogP contribution is 2.12. The van der Waals surface area contributed by atoms with Gasteiger partial charge < -0.3 is 11.1 Å². The summed E-state index contributed by atoms with van der Waals surface area (Å²) < 4.78 is 14.6. The van der Waals surface area contributed by atoms with Crippen LogP contribution in [0.25, 0.3) is 5.69 Å². The van der Waals surface area contributed by atoms with Crippen molar-refractivity contribution < 1.29 is 4.39 Å². The Hall–Kier alpha value is -1.88. The topological polar surface area (TPSA) is 55.9 Å². The van der Waals surface area contributed by atoms with E-state index in [1.165, 1.54) is 12.1 Å². The van der Waals surface area contributed by atoms with E-state index < -0.39 is 0 Å². The number of halogens is 1. The molecule has 0 spiro atoms. The van der Waals surface area contributed by atoms with E-state index >= 15 is 0 Å². The second kappa shape index (κ2) is 4.76. The van der Waals surface area contributed by atoms with Gasteiger partial charge in [0.15, 0.2) is 0 Å². The predicted molar refractivity (Wildman–Crippen MR) is 61.1 cm³/mol. The fourth-order valence-electron chi connectivity index (χ4n) is 1.39. The molecule has 0 radical (unpaired) electrons. The summed E-state index contributed by atoms with van der Waals surface area (Å²) in [5.41, 5.74) is 6.94. The summed E-state index contributed by atoms with van der Waals surface area (Å²) in [6.45, 7) is 1.25. The second-order valence-electron chi connectivity index (χ2n) is 3.37. The molecule has 0 bridgehead atoms. The molecule has 2 aromatic rings. The molecule has 0 aliphatic rings. The smallest absolute Gasteiger partial charge is 0.125 e. The van der Waals surface area contributed by atoms with Gasteiger partial charge in [0, 0.05) is 13.1 Å². The third-order valence-corrected chi connectivity index (χ3v) is 2.13. The molecule has 84 valence electrons. The number of aromatic nitrogens is 2. The molecule has 0 aliphatic heterocycles.